The minimum absolute atomic E-state index is 0.0905. The van der Waals surface area contributed by atoms with Crippen molar-refractivity contribution in [2.24, 2.45) is 0 Å². The van der Waals surface area contributed by atoms with Crippen LogP contribution in [0.2, 0.25) is 0 Å². The van der Waals surface area contributed by atoms with E-state index in [4.69, 9.17) is 20.8 Å². The van der Waals surface area contributed by atoms with Gasteiger partial charge in [-0.05, 0) is 32.8 Å². The molecule has 2 atom stereocenters. The zero-order chi connectivity index (χ0) is 18.6. The number of alkyl halides is 1. The normalized spacial score (nSPS) is 19.0. The zero-order valence-corrected chi connectivity index (χ0v) is 14.7. The second-order valence-corrected chi connectivity index (χ2v) is 6.67. The number of aromatic nitrogens is 3. The lowest BCUT2D eigenvalue weighted by molar-refractivity contribution is -0.00535. The van der Waals surface area contributed by atoms with Crippen LogP contribution in [-0.2, 0) is 4.74 Å². The summed E-state index contributed by atoms with van der Waals surface area (Å²) in [5, 5.41) is 22.0. The number of nitrogens with two attached hydrogens (primary N) is 1. The Hall–Kier alpha value is -2.24. The van der Waals surface area contributed by atoms with Gasteiger partial charge in [-0.3, -0.25) is 0 Å². The summed E-state index contributed by atoms with van der Waals surface area (Å²) >= 11 is 0. The first-order valence-electron chi connectivity index (χ1n) is 8.23. The Morgan fingerprint density at radius 2 is 2.28 bits per heavy atom. The minimum Gasteiger partial charge on any atom is -0.391 e. The van der Waals surface area contributed by atoms with Gasteiger partial charge in [0.15, 0.2) is 0 Å². The average Bonchev–Trinajstić information content (AvgIpc) is 2.92. The van der Waals surface area contributed by atoms with Crippen molar-refractivity contribution in [3.63, 3.8) is 0 Å². The smallest absolute Gasteiger partial charge is 0.238 e. The minimum atomic E-state index is -1.46. The number of hydrogen-bond acceptors (Lipinski definition) is 6. The Balaban J connectivity index is 0.000000269. The van der Waals surface area contributed by atoms with Crippen LogP contribution in [0.1, 0.15) is 50.8 Å². The molecule has 2 aromatic rings. The third-order valence-corrected chi connectivity index (χ3v) is 4.27. The molecule has 2 unspecified atom stereocenters. The molecule has 0 amide bonds. The third kappa shape index (κ3) is 4.65. The number of nitrogens with zero attached hydrogens (tertiary/aromatic N) is 4. The molecule has 1 aliphatic heterocycles. The average molecular weight is 349 g/mol. The van der Waals surface area contributed by atoms with Crippen LogP contribution in [0.15, 0.2) is 12.3 Å². The van der Waals surface area contributed by atoms with Crippen molar-refractivity contribution in [2.75, 3.05) is 18.9 Å². The van der Waals surface area contributed by atoms with E-state index in [-0.39, 0.29) is 12.1 Å². The summed E-state index contributed by atoms with van der Waals surface area (Å²) in [7, 11) is 0. The quantitative estimate of drug-likeness (QED) is 0.860. The summed E-state index contributed by atoms with van der Waals surface area (Å²) in [5.74, 6) is -0.392. The maximum absolute atomic E-state index is 14.1. The van der Waals surface area contributed by atoms with E-state index in [1.54, 1.807) is 13.0 Å². The van der Waals surface area contributed by atoms with Crippen molar-refractivity contribution in [1.29, 1.82) is 5.26 Å². The van der Waals surface area contributed by atoms with E-state index in [0.717, 1.165) is 19.4 Å². The fraction of sp³-hybridized carbons (Fsp3) is 0.588. The molecule has 3 rings (SSSR count). The molecule has 1 fully saturated rings. The Morgan fingerprint density at radius 3 is 2.76 bits per heavy atom. The zero-order valence-electron chi connectivity index (χ0n) is 14.7. The molecular formula is C17H24FN5O2. The van der Waals surface area contributed by atoms with E-state index in [9.17, 15) is 4.39 Å². The maximum atomic E-state index is 14.1. The van der Waals surface area contributed by atoms with Gasteiger partial charge in [0, 0.05) is 12.5 Å². The Morgan fingerprint density at radius 1 is 1.56 bits per heavy atom. The molecule has 1 saturated heterocycles. The lowest BCUT2D eigenvalue weighted by Gasteiger charge is -2.23. The largest absolute Gasteiger partial charge is 0.391 e. The maximum Gasteiger partial charge on any atom is 0.238 e. The van der Waals surface area contributed by atoms with Gasteiger partial charge in [0.1, 0.15) is 11.7 Å². The van der Waals surface area contributed by atoms with Gasteiger partial charge in [0.05, 0.1) is 35.7 Å². The van der Waals surface area contributed by atoms with E-state index >= 15 is 0 Å². The van der Waals surface area contributed by atoms with Gasteiger partial charge in [-0.1, -0.05) is 6.92 Å². The lowest BCUT2D eigenvalue weighted by atomic mass is 9.90. The van der Waals surface area contributed by atoms with Gasteiger partial charge < -0.3 is 15.6 Å². The van der Waals surface area contributed by atoms with Crippen LogP contribution in [-0.4, -0.2) is 44.7 Å². The van der Waals surface area contributed by atoms with Crippen molar-refractivity contribution in [2.45, 2.75) is 51.3 Å². The molecule has 136 valence electrons. The number of nitrogen functional groups attached to an aromatic ring is 1. The molecule has 3 heterocycles. The third-order valence-electron chi connectivity index (χ3n) is 4.27. The Bertz CT molecular complexity index is 757. The summed E-state index contributed by atoms with van der Waals surface area (Å²) in [6, 6.07) is 3.70. The number of aliphatic hydroxyl groups is 1. The van der Waals surface area contributed by atoms with Gasteiger partial charge in [-0.2, -0.15) is 5.26 Å². The first-order chi connectivity index (χ1) is 11.7. The highest BCUT2D eigenvalue weighted by molar-refractivity contribution is 5.56. The van der Waals surface area contributed by atoms with Gasteiger partial charge in [0.2, 0.25) is 5.95 Å². The molecule has 0 aliphatic carbocycles. The van der Waals surface area contributed by atoms with E-state index in [1.165, 1.54) is 24.6 Å². The van der Waals surface area contributed by atoms with Crippen molar-refractivity contribution in [3.8, 4) is 6.07 Å². The highest BCUT2D eigenvalue weighted by Crippen LogP contribution is 2.33. The van der Waals surface area contributed by atoms with Gasteiger partial charge in [-0.25, -0.2) is 13.9 Å². The molecule has 0 spiro atoms. The fourth-order valence-electron chi connectivity index (χ4n) is 2.56. The van der Waals surface area contributed by atoms with E-state index in [2.05, 4.69) is 16.2 Å². The van der Waals surface area contributed by atoms with Crippen molar-refractivity contribution < 1.29 is 14.2 Å². The van der Waals surface area contributed by atoms with Crippen molar-refractivity contribution in [1.82, 2.24) is 14.6 Å². The van der Waals surface area contributed by atoms with Crippen LogP contribution < -0.4 is 5.73 Å². The molecule has 3 N–H and O–H groups in total. The molecule has 0 bridgehead atoms. The van der Waals surface area contributed by atoms with Crippen molar-refractivity contribution >= 4 is 11.5 Å². The summed E-state index contributed by atoms with van der Waals surface area (Å²) in [6.45, 7) is 6.05. The Labute approximate surface area is 146 Å². The van der Waals surface area contributed by atoms with Gasteiger partial charge >= 0.3 is 0 Å². The fourth-order valence-corrected chi connectivity index (χ4v) is 2.56. The molecule has 0 radical (unpaired) electrons. The molecule has 8 heteroatoms. The van der Waals surface area contributed by atoms with Crippen LogP contribution in [0.3, 0.4) is 0 Å². The predicted molar refractivity (Wildman–Crippen MR) is 91.8 cm³/mol. The summed E-state index contributed by atoms with van der Waals surface area (Å²) in [6.07, 6.45) is 3.26. The van der Waals surface area contributed by atoms with Crippen LogP contribution in [0.5, 0.6) is 0 Å². The van der Waals surface area contributed by atoms with Crippen LogP contribution in [0.4, 0.5) is 10.3 Å². The van der Waals surface area contributed by atoms with Crippen LogP contribution in [0, 0.1) is 11.3 Å². The molecular weight excluding hydrogens is 325 g/mol. The lowest BCUT2D eigenvalue weighted by Crippen LogP contribution is -2.23. The molecule has 25 heavy (non-hydrogen) atoms. The standard InChI is InChI=1S/C12H14FN5.C5H10O2/c1-7(12(2,3)13)10-8(5-14)4-9-6-16-11(15)17-18(9)10;6-5-2-1-3-7-4-5/h4,6-7H,1-3H3,(H2,15,17);5-6H,1-4H2. The summed E-state index contributed by atoms with van der Waals surface area (Å²) in [5.41, 5.74) is 5.62. The van der Waals surface area contributed by atoms with Crippen molar-refractivity contribution in [3.05, 3.63) is 23.5 Å². The monoisotopic (exact) mass is 349 g/mol. The van der Waals surface area contributed by atoms with Crippen LogP contribution >= 0.6 is 0 Å². The second-order valence-electron chi connectivity index (χ2n) is 6.67. The van der Waals surface area contributed by atoms with E-state index in [1.807, 2.05) is 0 Å². The number of fused-ring (bicyclic) bond motifs is 1. The first-order valence-corrected chi connectivity index (χ1v) is 8.23. The van der Waals surface area contributed by atoms with Gasteiger partial charge in [0.25, 0.3) is 0 Å². The first kappa shape index (κ1) is 19.1. The number of hydrogen-bond donors (Lipinski definition) is 2. The second kappa shape index (κ2) is 7.76. The Kier molecular flexibility index (Phi) is 5.93. The number of anilines is 1. The molecule has 0 aromatic carbocycles. The topological polar surface area (TPSA) is 109 Å². The molecule has 2 aromatic heterocycles. The van der Waals surface area contributed by atoms with Crippen LogP contribution in [0.25, 0.3) is 5.52 Å². The molecule has 0 saturated carbocycles. The number of aliphatic hydroxyl groups excluding tert-OH is 1. The highest BCUT2D eigenvalue weighted by atomic mass is 19.1. The molecule has 1 aliphatic rings. The number of nitriles is 1. The number of rotatable bonds is 2. The number of halogens is 1. The van der Waals surface area contributed by atoms with E-state index < -0.39 is 11.6 Å². The van der Waals surface area contributed by atoms with Gasteiger partial charge in [-0.15, -0.1) is 5.10 Å². The summed E-state index contributed by atoms with van der Waals surface area (Å²) < 4.78 is 20.5. The van der Waals surface area contributed by atoms with E-state index in [0.29, 0.717) is 23.4 Å². The summed E-state index contributed by atoms with van der Waals surface area (Å²) in [4.78, 5) is 3.86. The predicted octanol–water partition coefficient (Wildman–Crippen LogP) is 2.19. The SMILES string of the molecule is CC(c1c(C#N)cc2cnc(N)nn12)C(C)(C)F.OC1CCCOC1. The number of ether oxygens (including phenoxy) is 1. The highest BCUT2D eigenvalue weighted by Gasteiger charge is 2.31. The molecule has 7 nitrogen and oxygen atoms in total.